The highest BCUT2D eigenvalue weighted by atomic mass is 19.1. The van der Waals surface area contributed by atoms with Gasteiger partial charge in [-0.25, -0.2) is 13.6 Å². The zero-order valence-electron chi connectivity index (χ0n) is 16.8. The van der Waals surface area contributed by atoms with Gasteiger partial charge >= 0.3 is 6.09 Å². The van der Waals surface area contributed by atoms with Crippen molar-refractivity contribution in [2.45, 2.75) is 56.4 Å². The van der Waals surface area contributed by atoms with Crippen molar-refractivity contribution in [3.05, 3.63) is 65.2 Å². The number of hydrogen-bond acceptors (Lipinski definition) is 4. The summed E-state index contributed by atoms with van der Waals surface area (Å²) >= 11 is 0. The lowest BCUT2D eigenvalue weighted by atomic mass is 9.72. The molecule has 2 heterocycles. The Labute approximate surface area is 174 Å². The summed E-state index contributed by atoms with van der Waals surface area (Å²) < 4.78 is 38.7. The molecule has 2 aliphatic rings. The maximum atomic E-state index is 14.2. The smallest absolute Gasteiger partial charge is 0.410 e. The number of piperidine rings is 2. The minimum Gasteiger partial charge on any atom is -0.491 e. The van der Waals surface area contributed by atoms with Crippen molar-refractivity contribution in [2.24, 2.45) is 0 Å². The Morgan fingerprint density at radius 2 is 1.73 bits per heavy atom. The highest BCUT2D eigenvalue weighted by Crippen LogP contribution is 2.45. The molecule has 2 fully saturated rings. The van der Waals surface area contributed by atoms with Crippen LogP contribution in [0.4, 0.5) is 13.6 Å². The molecule has 160 valence electrons. The molecule has 0 aliphatic carbocycles. The van der Waals surface area contributed by atoms with Gasteiger partial charge in [-0.2, -0.15) is 0 Å². The standard InChI is InChI=1S/C23H25F2NO4/c1-29-21-19(24)10-16(11-20(21)25)23(28)12-17-8-5-9-18(13-23)26(17)22(27)30-14-15-6-3-2-4-7-15/h2-4,6-7,10-11,17-18,28H,5,8-9,12-14H2,1H3. The van der Waals surface area contributed by atoms with E-state index in [0.717, 1.165) is 24.1 Å². The molecule has 0 saturated carbocycles. The summed E-state index contributed by atoms with van der Waals surface area (Å²) in [5.41, 5.74) is -0.346. The average Bonchev–Trinajstić information content (AvgIpc) is 2.72. The van der Waals surface area contributed by atoms with Crippen molar-refractivity contribution in [2.75, 3.05) is 7.11 Å². The number of methoxy groups -OCH3 is 1. The number of nitrogens with zero attached hydrogens (tertiary/aromatic N) is 1. The number of ether oxygens (including phenoxy) is 2. The second-order valence-electron chi connectivity index (χ2n) is 8.10. The number of aliphatic hydroxyl groups is 1. The summed E-state index contributed by atoms with van der Waals surface area (Å²) in [5.74, 6) is -2.17. The monoisotopic (exact) mass is 417 g/mol. The number of benzene rings is 2. The van der Waals surface area contributed by atoms with Gasteiger partial charge in [0.05, 0.1) is 12.7 Å². The van der Waals surface area contributed by atoms with E-state index in [1.54, 1.807) is 4.90 Å². The Kier molecular flexibility index (Phi) is 5.64. The van der Waals surface area contributed by atoms with E-state index in [-0.39, 0.29) is 37.1 Å². The van der Waals surface area contributed by atoms with Crippen LogP contribution >= 0.6 is 0 Å². The van der Waals surface area contributed by atoms with Crippen molar-refractivity contribution >= 4 is 6.09 Å². The fraction of sp³-hybridized carbons (Fsp3) is 0.435. The van der Waals surface area contributed by atoms with Gasteiger partial charge in [-0.05, 0) is 42.5 Å². The Hall–Kier alpha value is -2.67. The van der Waals surface area contributed by atoms with Gasteiger partial charge in [0.15, 0.2) is 17.4 Å². The van der Waals surface area contributed by atoms with E-state index < -0.39 is 29.1 Å². The molecule has 4 rings (SSSR count). The van der Waals surface area contributed by atoms with Crippen LogP contribution in [-0.2, 0) is 16.9 Å². The van der Waals surface area contributed by atoms with Crippen LogP contribution in [0.1, 0.15) is 43.2 Å². The number of hydrogen-bond donors (Lipinski definition) is 1. The second kappa shape index (κ2) is 8.22. The van der Waals surface area contributed by atoms with Gasteiger partial charge in [0.25, 0.3) is 0 Å². The van der Waals surface area contributed by atoms with Crippen LogP contribution < -0.4 is 4.74 Å². The van der Waals surface area contributed by atoms with Gasteiger partial charge in [-0.3, -0.25) is 0 Å². The molecule has 2 aromatic carbocycles. The highest BCUT2D eigenvalue weighted by molar-refractivity contribution is 5.69. The minimum absolute atomic E-state index is 0.174. The quantitative estimate of drug-likeness (QED) is 0.795. The predicted molar refractivity (Wildman–Crippen MR) is 106 cm³/mol. The van der Waals surface area contributed by atoms with Crippen molar-refractivity contribution in [1.82, 2.24) is 4.90 Å². The Bertz CT molecular complexity index is 884. The SMILES string of the molecule is COc1c(F)cc(C2(O)CC3CCCC(C2)N3C(=O)OCc2ccccc2)cc1F. The molecule has 1 N–H and O–H groups in total. The van der Waals surface area contributed by atoms with Crippen molar-refractivity contribution < 1.29 is 28.2 Å². The number of carbonyl (C=O) groups is 1. The third-order valence-electron chi connectivity index (χ3n) is 6.16. The fourth-order valence-electron chi connectivity index (χ4n) is 4.78. The molecule has 2 saturated heterocycles. The van der Waals surface area contributed by atoms with Crippen LogP contribution in [0.25, 0.3) is 0 Å². The number of carbonyl (C=O) groups excluding carboxylic acids is 1. The van der Waals surface area contributed by atoms with E-state index in [1.165, 1.54) is 7.11 Å². The first kappa shape index (κ1) is 20.6. The van der Waals surface area contributed by atoms with Crippen molar-refractivity contribution in [3.8, 4) is 5.75 Å². The zero-order chi connectivity index (χ0) is 21.3. The molecule has 1 amide bonds. The van der Waals surface area contributed by atoms with Gasteiger partial charge in [0.2, 0.25) is 0 Å². The van der Waals surface area contributed by atoms with Crippen LogP contribution in [0.5, 0.6) is 5.75 Å². The maximum Gasteiger partial charge on any atom is 0.410 e. The lowest BCUT2D eigenvalue weighted by molar-refractivity contribution is -0.0899. The number of halogens is 2. The van der Waals surface area contributed by atoms with E-state index in [9.17, 15) is 18.7 Å². The lowest BCUT2D eigenvalue weighted by Crippen LogP contribution is -2.59. The minimum atomic E-state index is -1.42. The van der Waals surface area contributed by atoms with E-state index in [1.807, 2.05) is 30.3 Å². The summed E-state index contributed by atoms with van der Waals surface area (Å²) in [5, 5.41) is 11.3. The molecular formula is C23H25F2NO4. The molecule has 2 atom stereocenters. The van der Waals surface area contributed by atoms with Crippen LogP contribution in [0.2, 0.25) is 0 Å². The normalized spacial score (nSPS) is 25.7. The molecule has 0 aromatic heterocycles. The Balaban J connectivity index is 1.52. The lowest BCUT2D eigenvalue weighted by Gasteiger charge is -2.51. The zero-order valence-corrected chi connectivity index (χ0v) is 16.8. The molecule has 2 aromatic rings. The molecular weight excluding hydrogens is 392 g/mol. The number of rotatable bonds is 4. The van der Waals surface area contributed by atoms with E-state index in [2.05, 4.69) is 0 Å². The van der Waals surface area contributed by atoms with Gasteiger partial charge in [0, 0.05) is 24.9 Å². The maximum absolute atomic E-state index is 14.2. The van der Waals surface area contributed by atoms with Crippen LogP contribution in [0.3, 0.4) is 0 Å². The fourth-order valence-corrected chi connectivity index (χ4v) is 4.78. The summed E-state index contributed by atoms with van der Waals surface area (Å²) in [6, 6.07) is 11.2. The predicted octanol–water partition coefficient (Wildman–Crippen LogP) is 4.51. The average molecular weight is 417 g/mol. The molecule has 0 radical (unpaired) electrons. The van der Waals surface area contributed by atoms with Gasteiger partial charge < -0.3 is 19.5 Å². The first-order valence-corrected chi connectivity index (χ1v) is 10.2. The molecule has 30 heavy (non-hydrogen) atoms. The molecule has 2 aliphatic heterocycles. The Morgan fingerprint density at radius 3 is 2.30 bits per heavy atom. The molecule has 7 heteroatoms. The first-order valence-electron chi connectivity index (χ1n) is 10.2. The third-order valence-corrected chi connectivity index (χ3v) is 6.16. The van der Waals surface area contributed by atoms with E-state index in [0.29, 0.717) is 12.8 Å². The number of amides is 1. The molecule has 5 nitrogen and oxygen atoms in total. The third kappa shape index (κ3) is 3.86. The Morgan fingerprint density at radius 1 is 1.13 bits per heavy atom. The molecule has 2 unspecified atom stereocenters. The van der Waals surface area contributed by atoms with Crippen molar-refractivity contribution in [1.29, 1.82) is 0 Å². The topological polar surface area (TPSA) is 59.0 Å². The number of fused-ring (bicyclic) bond motifs is 2. The van der Waals surface area contributed by atoms with Gasteiger partial charge in [0.1, 0.15) is 6.61 Å². The second-order valence-corrected chi connectivity index (χ2v) is 8.10. The molecule has 0 spiro atoms. The van der Waals surface area contributed by atoms with E-state index >= 15 is 0 Å². The van der Waals surface area contributed by atoms with Gasteiger partial charge in [-0.15, -0.1) is 0 Å². The summed E-state index contributed by atoms with van der Waals surface area (Å²) in [7, 11) is 1.19. The summed E-state index contributed by atoms with van der Waals surface area (Å²) in [6.07, 6.45) is 2.34. The van der Waals surface area contributed by atoms with Gasteiger partial charge in [-0.1, -0.05) is 30.3 Å². The molecule has 2 bridgehead atoms. The summed E-state index contributed by atoms with van der Waals surface area (Å²) in [6.45, 7) is 0.175. The van der Waals surface area contributed by atoms with Crippen LogP contribution in [-0.4, -0.2) is 35.3 Å². The summed E-state index contributed by atoms with van der Waals surface area (Å²) in [4.78, 5) is 14.5. The van der Waals surface area contributed by atoms with Crippen LogP contribution in [0, 0.1) is 11.6 Å². The van der Waals surface area contributed by atoms with Crippen LogP contribution in [0.15, 0.2) is 42.5 Å². The highest BCUT2D eigenvalue weighted by Gasteiger charge is 2.49. The first-order chi connectivity index (χ1) is 14.4. The van der Waals surface area contributed by atoms with E-state index in [4.69, 9.17) is 9.47 Å². The largest absolute Gasteiger partial charge is 0.491 e. The van der Waals surface area contributed by atoms with Crippen molar-refractivity contribution in [3.63, 3.8) is 0 Å².